The zero-order valence-electron chi connectivity index (χ0n) is 17.8. The number of carbonyl (C=O) groups excluding carboxylic acids is 1. The fourth-order valence-corrected chi connectivity index (χ4v) is 4.23. The van der Waals surface area contributed by atoms with E-state index in [0.717, 1.165) is 49.5 Å². The van der Waals surface area contributed by atoms with Gasteiger partial charge in [-0.2, -0.15) is 0 Å². The van der Waals surface area contributed by atoms with Crippen molar-refractivity contribution >= 4 is 11.6 Å². The Hall–Kier alpha value is -3.65. The lowest BCUT2D eigenvalue weighted by atomic mass is 10.1. The van der Waals surface area contributed by atoms with Crippen molar-refractivity contribution in [3.8, 4) is 0 Å². The number of nitrogens with one attached hydrogen (secondary N) is 1. The lowest BCUT2D eigenvalue weighted by Gasteiger charge is -2.15. The second-order valence-corrected chi connectivity index (χ2v) is 8.15. The first-order valence-corrected chi connectivity index (χ1v) is 10.9. The summed E-state index contributed by atoms with van der Waals surface area (Å²) in [5, 5.41) is 11.8. The van der Waals surface area contributed by atoms with E-state index < -0.39 is 0 Å². The molecule has 5 heterocycles. The van der Waals surface area contributed by atoms with E-state index in [0.29, 0.717) is 12.1 Å². The molecule has 1 amide bonds. The summed E-state index contributed by atoms with van der Waals surface area (Å²) in [7, 11) is 0. The van der Waals surface area contributed by atoms with Crippen LogP contribution in [0.1, 0.15) is 39.6 Å². The fourth-order valence-electron chi connectivity index (χ4n) is 4.23. The Morgan fingerprint density at radius 1 is 1.03 bits per heavy atom. The topological polar surface area (TPSA) is 88.3 Å². The normalized spacial score (nSPS) is 16.4. The second kappa shape index (κ2) is 9.23. The molecule has 0 bridgehead atoms. The predicted molar refractivity (Wildman–Crippen MR) is 120 cm³/mol. The van der Waals surface area contributed by atoms with Gasteiger partial charge in [-0.1, -0.05) is 12.1 Å². The van der Waals surface area contributed by atoms with Crippen molar-refractivity contribution in [1.82, 2.24) is 34.8 Å². The smallest absolute Gasteiger partial charge is 0.252 e. The summed E-state index contributed by atoms with van der Waals surface area (Å²) in [6.45, 7) is 3.36. The first kappa shape index (κ1) is 20.3. The number of amides is 1. The third-order valence-corrected chi connectivity index (χ3v) is 5.88. The van der Waals surface area contributed by atoms with E-state index in [9.17, 15) is 4.79 Å². The molecular formula is C24H25N7O. The number of pyridine rings is 3. The number of hydrogen-bond donors (Lipinski definition) is 1. The fraction of sp³-hybridized carbons (Fsp3) is 0.292. The van der Waals surface area contributed by atoms with Crippen LogP contribution in [0.5, 0.6) is 0 Å². The minimum absolute atomic E-state index is 0.0972. The van der Waals surface area contributed by atoms with Crippen LogP contribution >= 0.6 is 0 Å². The minimum Gasteiger partial charge on any atom is -0.352 e. The van der Waals surface area contributed by atoms with Gasteiger partial charge in [0.25, 0.3) is 5.91 Å². The summed E-state index contributed by atoms with van der Waals surface area (Å²) in [5.74, 6) is 1.10. The Balaban J connectivity index is 1.25. The SMILES string of the molecule is O=C(NCCc1cccnc1)c1ccc2nnc(C3CCN(Cc4cccnc4)C3)n2c1. The molecule has 162 valence electrons. The summed E-state index contributed by atoms with van der Waals surface area (Å²) in [6.07, 6.45) is 10.9. The van der Waals surface area contributed by atoms with Gasteiger partial charge >= 0.3 is 0 Å². The van der Waals surface area contributed by atoms with Gasteiger partial charge in [0.1, 0.15) is 5.82 Å². The van der Waals surface area contributed by atoms with Crippen LogP contribution in [0.15, 0.2) is 67.4 Å². The molecule has 1 aliphatic rings. The van der Waals surface area contributed by atoms with Gasteiger partial charge in [0, 0.05) is 56.5 Å². The number of likely N-dealkylation sites (tertiary alicyclic amines) is 1. The van der Waals surface area contributed by atoms with Crippen molar-refractivity contribution in [3.05, 3.63) is 89.9 Å². The average molecular weight is 428 g/mol. The number of aromatic nitrogens is 5. The molecule has 8 heteroatoms. The van der Waals surface area contributed by atoms with Crippen molar-refractivity contribution in [2.75, 3.05) is 19.6 Å². The van der Waals surface area contributed by atoms with Gasteiger partial charge in [-0.15, -0.1) is 10.2 Å². The minimum atomic E-state index is -0.0972. The number of hydrogen-bond acceptors (Lipinski definition) is 6. The molecule has 1 N–H and O–H groups in total. The van der Waals surface area contributed by atoms with E-state index in [2.05, 4.69) is 36.4 Å². The molecule has 0 aromatic carbocycles. The quantitative estimate of drug-likeness (QED) is 0.488. The Labute approximate surface area is 186 Å². The lowest BCUT2D eigenvalue weighted by molar-refractivity contribution is 0.0953. The molecule has 1 saturated heterocycles. The van der Waals surface area contributed by atoms with Crippen molar-refractivity contribution in [2.24, 2.45) is 0 Å². The monoisotopic (exact) mass is 427 g/mol. The zero-order valence-corrected chi connectivity index (χ0v) is 17.8. The molecule has 5 rings (SSSR count). The predicted octanol–water partition coefficient (Wildman–Crippen LogP) is 2.48. The second-order valence-electron chi connectivity index (χ2n) is 8.15. The molecule has 8 nitrogen and oxygen atoms in total. The van der Waals surface area contributed by atoms with E-state index in [-0.39, 0.29) is 11.8 Å². The third-order valence-electron chi connectivity index (χ3n) is 5.88. The van der Waals surface area contributed by atoms with Crippen LogP contribution in [-0.4, -0.2) is 55.0 Å². The van der Waals surface area contributed by atoms with Crippen molar-refractivity contribution in [1.29, 1.82) is 0 Å². The molecule has 1 fully saturated rings. The highest BCUT2D eigenvalue weighted by Crippen LogP contribution is 2.27. The van der Waals surface area contributed by atoms with Crippen LogP contribution in [0.3, 0.4) is 0 Å². The molecule has 32 heavy (non-hydrogen) atoms. The van der Waals surface area contributed by atoms with E-state index in [1.807, 2.05) is 47.3 Å². The molecule has 1 aliphatic heterocycles. The molecular weight excluding hydrogens is 402 g/mol. The number of fused-ring (bicyclic) bond motifs is 1. The molecule has 4 aromatic rings. The third kappa shape index (κ3) is 4.50. The van der Waals surface area contributed by atoms with E-state index in [1.54, 1.807) is 18.5 Å². The van der Waals surface area contributed by atoms with Gasteiger partial charge in [0.05, 0.1) is 5.56 Å². The van der Waals surface area contributed by atoms with Gasteiger partial charge in [-0.05, 0) is 54.8 Å². The highest BCUT2D eigenvalue weighted by molar-refractivity contribution is 5.94. The summed E-state index contributed by atoms with van der Waals surface area (Å²) < 4.78 is 1.97. The highest BCUT2D eigenvalue weighted by atomic mass is 16.1. The van der Waals surface area contributed by atoms with Crippen LogP contribution in [0.4, 0.5) is 0 Å². The molecule has 0 saturated carbocycles. The maximum Gasteiger partial charge on any atom is 0.252 e. The van der Waals surface area contributed by atoms with E-state index in [4.69, 9.17) is 0 Å². The molecule has 1 atom stereocenters. The Kier molecular flexibility index (Phi) is 5.85. The van der Waals surface area contributed by atoms with Crippen LogP contribution in [-0.2, 0) is 13.0 Å². The van der Waals surface area contributed by atoms with Crippen LogP contribution in [0, 0.1) is 0 Å². The summed E-state index contributed by atoms with van der Waals surface area (Å²) >= 11 is 0. The molecule has 4 aromatic heterocycles. The number of carbonyl (C=O) groups is 1. The van der Waals surface area contributed by atoms with Crippen LogP contribution < -0.4 is 5.32 Å². The van der Waals surface area contributed by atoms with E-state index >= 15 is 0 Å². The standard InChI is InChI=1S/C24H25N7O/c32-24(27-11-7-18-3-1-9-25-13-18)21-5-6-22-28-29-23(31(22)17-21)20-8-12-30(16-20)15-19-4-2-10-26-14-19/h1-6,9-10,13-14,17,20H,7-8,11-12,15-16H2,(H,27,32). The Bertz CT molecular complexity index is 1190. The zero-order chi connectivity index (χ0) is 21.8. The summed E-state index contributed by atoms with van der Waals surface area (Å²) in [5.41, 5.74) is 3.68. The summed E-state index contributed by atoms with van der Waals surface area (Å²) in [6, 6.07) is 11.6. The highest BCUT2D eigenvalue weighted by Gasteiger charge is 2.28. The number of nitrogens with zero attached hydrogens (tertiary/aromatic N) is 6. The van der Waals surface area contributed by atoms with E-state index in [1.165, 1.54) is 5.56 Å². The van der Waals surface area contributed by atoms with Crippen LogP contribution in [0.25, 0.3) is 5.65 Å². The maximum atomic E-state index is 12.7. The van der Waals surface area contributed by atoms with Gasteiger partial charge in [0.2, 0.25) is 0 Å². The van der Waals surface area contributed by atoms with Crippen LogP contribution in [0.2, 0.25) is 0 Å². The maximum absolute atomic E-state index is 12.7. The van der Waals surface area contributed by atoms with Crippen molar-refractivity contribution in [3.63, 3.8) is 0 Å². The van der Waals surface area contributed by atoms with Gasteiger partial charge in [-0.3, -0.25) is 24.1 Å². The molecule has 1 unspecified atom stereocenters. The molecule has 0 aliphatic carbocycles. The average Bonchev–Trinajstić information content (AvgIpc) is 3.46. The largest absolute Gasteiger partial charge is 0.352 e. The Morgan fingerprint density at radius 2 is 1.84 bits per heavy atom. The van der Waals surface area contributed by atoms with Crippen molar-refractivity contribution in [2.45, 2.75) is 25.3 Å². The van der Waals surface area contributed by atoms with Gasteiger partial charge in [-0.25, -0.2) is 0 Å². The molecule has 0 radical (unpaired) electrons. The first-order chi connectivity index (χ1) is 15.8. The lowest BCUT2D eigenvalue weighted by Crippen LogP contribution is -2.26. The van der Waals surface area contributed by atoms with Crippen molar-refractivity contribution < 1.29 is 4.79 Å². The van der Waals surface area contributed by atoms with Gasteiger partial charge < -0.3 is 5.32 Å². The Morgan fingerprint density at radius 3 is 2.62 bits per heavy atom. The van der Waals surface area contributed by atoms with Gasteiger partial charge in [0.15, 0.2) is 5.65 Å². The first-order valence-electron chi connectivity index (χ1n) is 10.9. The number of rotatable bonds is 7. The molecule has 0 spiro atoms. The summed E-state index contributed by atoms with van der Waals surface area (Å²) in [4.78, 5) is 23.4.